The van der Waals surface area contributed by atoms with Crippen molar-refractivity contribution in [2.45, 2.75) is 83.9 Å². The predicted octanol–water partition coefficient (Wildman–Crippen LogP) is 5.02. The van der Waals surface area contributed by atoms with Crippen LogP contribution in [0.1, 0.15) is 70.0 Å². The summed E-state index contributed by atoms with van der Waals surface area (Å²) in [5, 5.41) is 5.61. The highest BCUT2D eigenvalue weighted by atomic mass is 32.2. The summed E-state index contributed by atoms with van der Waals surface area (Å²) in [6.45, 7) is 14.4. The van der Waals surface area contributed by atoms with Crippen molar-refractivity contribution < 1.29 is 0 Å². The standard InChI is InChI=1S/C16H30N2S2/c1-7-9-13-14(10-17-16(4,5)6)20-15(18-13)11-19-12(3)8-2/h12,17H,7-11H2,1-6H3. The second-order valence-corrected chi connectivity index (χ2v) is 8.96. The highest BCUT2D eigenvalue weighted by Crippen LogP contribution is 2.26. The smallest absolute Gasteiger partial charge is 0.103 e. The Morgan fingerprint density at radius 1 is 1.30 bits per heavy atom. The molecule has 0 bridgehead atoms. The summed E-state index contributed by atoms with van der Waals surface area (Å²) in [7, 11) is 0. The molecule has 0 aliphatic carbocycles. The first kappa shape index (κ1) is 18.0. The first-order chi connectivity index (χ1) is 9.35. The molecule has 2 nitrogen and oxygen atoms in total. The zero-order valence-corrected chi connectivity index (χ0v) is 15.5. The maximum Gasteiger partial charge on any atom is 0.103 e. The van der Waals surface area contributed by atoms with Gasteiger partial charge in [-0.2, -0.15) is 11.8 Å². The fourth-order valence-corrected chi connectivity index (χ4v) is 3.76. The Balaban J connectivity index is 2.68. The van der Waals surface area contributed by atoms with Gasteiger partial charge in [-0.25, -0.2) is 4.98 Å². The minimum Gasteiger partial charge on any atom is -0.307 e. The zero-order valence-electron chi connectivity index (χ0n) is 13.9. The van der Waals surface area contributed by atoms with E-state index in [0.29, 0.717) is 0 Å². The molecule has 1 unspecified atom stereocenters. The Labute approximate surface area is 133 Å². The third-order valence-electron chi connectivity index (χ3n) is 3.15. The highest BCUT2D eigenvalue weighted by molar-refractivity contribution is 7.99. The Hall–Kier alpha value is -0.0600. The number of aryl methyl sites for hydroxylation is 1. The number of hydrogen-bond donors (Lipinski definition) is 1. The van der Waals surface area contributed by atoms with E-state index in [2.05, 4.69) is 46.9 Å². The van der Waals surface area contributed by atoms with E-state index in [4.69, 9.17) is 4.98 Å². The van der Waals surface area contributed by atoms with E-state index >= 15 is 0 Å². The SMILES string of the molecule is CCCc1nc(CSC(C)CC)sc1CNC(C)(C)C. The molecular weight excluding hydrogens is 284 g/mol. The fourth-order valence-electron chi connectivity index (χ4n) is 1.75. The molecule has 0 radical (unpaired) electrons. The van der Waals surface area contributed by atoms with Crippen LogP contribution in [0.2, 0.25) is 0 Å². The molecule has 0 saturated carbocycles. The molecule has 0 fully saturated rings. The lowest BCUT2D eigenvalue weighted by molar-refractivity contribution is 0.425. The summed E-state index contributed by atoms with van der Waals surface area (Å²) in [6, 6.07) is 0. The Kier molecular flexibility index (Phi) is 7.56. The molecule has 0 saturated heterocycles. The first-order valence-corrected chi connectivity index (χ1v) is 9.56. The second-order valence-electron chi connectivity index (χ2n) is 6.36. The maximum absolute atomic E-state index is 4.86. The van der Waals surface area contributed by atoms with Gasteiger partial charge in [0.25, 0.3) is 0 Å². The summed E-state index contributed by atoms with van der Waals surface area (Å²) in [6.07, 6.45) is 3.51. The van der Waals surface area contributed by atoms with Crippen molar-refractivity contribution in [3.8, 4) is 0 Å². The molecular formula is C16H30N2S2. The van der Waals surface area contributed by atoms with Crippen LogP contribution in [0.3, 0.4) is 0 Å². The van der Waals surface area contributed by atoms with Crippen LogP contribution < -0.4 is 5.32 Å². The van der Waals surface area contributed by atoms with E-state index < -0.39 is 0 Å². The van der Waals surface area contributed by atoms with Crippen molar-refractivity contribution in [2.75, 3.05) is 0 Å². The molecule has 0 aliphatic rings. The van der Waals surface area contributed by atoms with E-state index in [9.17, 15) is 0 Å². The first-order valence-electron chi connectivity index (χ1n) is 7.69. The maximum atomic E-state index is 4.86. The summed E-state index contributed by atoms with van der Waals surface area (Å²) >= 11 is 3.92. The highest BCUT2D eigenvalue weighted by Gasteiger charge is 2.15. The van der Waals surface area contributed by atoms with E-state index in [-0.39, 0.29) is 5.54 Å². The van der Waals surface area contributed by atoms with Crippen LogP contribution in [0.15, 0.2) is 0 Å². The summed E-state index contributed by atoms with van der Waals surface area (Å²) < 4.78 is 0. The lowest BCUT2D eigenvalue weighted by Crippen LogP contribution is -2.35. The third-order valence-corrected chi connectivity index (χ3v) is 5.78. The molecule has 116 valence electrons. The number of hydrogen-bond acceptors (Lipinski definition) is 4. The molecule has 4 heteroatoms. The molecule has 1 atom stereocenters. The lowest BCUT2D eigenvalue weighted by Gasteiger charge is -2.20. The molecule has 0 amide bonds. The largest absolute Gasteiger partial charge is 0.307 e. The van der Waals surface area contributed by atoms with Gasteiger partial charge in [-0.05, 0) is 33.6 Å². The van der Waals surface area contributed by atoms with Gasteiger partial charge in [-0.3, -0.25) is 0 Å². The Morgan fingerprint density at radius 2 is 2.00 bits per heavy atom. The summed E-state index contributed by atoms with van der Waals surface area (Å²) in [4.78, 5) is 6.30. The number of nitrogens with zero attached hydrogens (tertiary/aromatic N) is 1. The lowest BCUT2D eigenvalue weighted by atomic mass is 10.1. The quantitative estimate of drug-likeness (QED) is 0.729. The van der Waals surface area contributed by atoms with Gasteiger partial charge >= 0.3 is 0 Å². The minimum atomic E-state index is 0.166. The van der Waals surface area contributed by atoms with Crippen LogP contribution in [0.25, 0.3) is 0 Å². The van der Waals surface area contributed by atoms with Crippen molar-refractivity contribution in [3.63, 3.8) is 0 Å². The van der Waals surface area contributed by atoms with Crippen molar-refractivity contribution in [1.29, 1.82) is 0 Å². The number of rotatable bonds is 8. The van der Waals surface area contributed by atoms with E-state index in [1.807, 2.05) is 23.1 Å². The normalized spacial score (nSPS) is 13.7. The monoisotopic (exact) mass is 314 g/mol. The number of aromatic nitrogens is 1. The second kappa shape index (κ2) is 8.40. The summed E-state index contributed by atoms with van der Waals surface area (Å²) in [5.74, 6) is 1.06. The van der Waals surface area contributed by atoms with Gasteiger partial charge in [0, 0.05) is 28.0 Å². The van der Waals surface area contributed by atoms with Gasteiger partial charge in [-0.1, -0.05) is 27.2 Å². The van der Waals surface area contributed by atoms with Crippen LogP contribution >= 0.6 is 23.1 Å². The molecule has 0 spiro atoms. The van der Waals surface area contributed by atoms with Crippen LogP contribution in [-0.4, -0.2) is 15.8 Å². The van der Waals surface area contributed by atoms with Gasteiger partial charge in [0.1, 0.15) is 5.01 Å². The van der Waals surface area contributed by atoms with Crippen LogP contribution in [0.4, 0.5) is 0 Å². The van der Waals surface area contributed by atoms with E-state index in [0.717, 1.165) is 24.0 Å². The zero-order chi connectivity index (χ0) is 15.2. The van der Waals surface area contributed by atoms with Crippen molar-refractivity contribution >= 4 is 23.1 Å². The molecule has 0 aliphatic heterocycles. The van der Waals surface area contributed by atoms with Crippen molar-refractivity contribution in [2.24, 2.45) is 0 Å². The van der Waals surface area contributed by atoms with E-state index in [1.165, 1.54) is 28.4 Å². The molecule has 1 rings (SSSR count). The fraction of sp³-hybridized carbons (Fsp3) is 0.812. The van der Waals surface area contributed by atoms with Gasteiger partial charge < -0.3 is 5.32 Å². The molecule has 0 aromatic carbocycles. The van der Waals surface area contributed by atoms with Crippen molar-refractivity contribution in [1.82, 2.24) is 10.3 Å². The molecule has 1 heterocycles. The van der Waals surface area contributed by atoms with Gasteiger partial charge in [0.15, 0.2) is 0 Å². The minimum absolute atomic E-state index is 0.166. The van der Waals surface area contributed by atoms with Crippen LogP contribution in [-0.2, 0) is 18.7 Å². The number of nitrogens with one attached hydrogen (secondary N) is 1. The number of thioether (sulfide) groups is 1. The topological polar surface area (TPSA) is 24.9 Å². The van der Waals surface area contributed by atoms with Gasteiger partial charge in [0.05, 0.1) is 5.69 Å². The Morgan fingerprint density at radius 3 is 2.55 bits per heavy atom. The average molecular weight is 315 g/mol. The summed E-state index contributed by atoms with van der Waals surface area (Å²) in [5.41, 5.74) is 1.48. The number of thiazole rings is 1. The van der Waals surface area contributed by atoms with Gasteiger partial charge in [-0.15, -0.1) is 11.3 Å². The van der Waals surface area contributed by atoms with Crippen LogP contribution in [0.5, 0.6) is 0 Å². The molecule has 1 aromatic rings. The van der Waals surface area contributed by atoms with Crippen molar-refractivity contribution in [3.05, 3.63) is 15.6 Å². The molecule has 20 heavy (non-hydrogen) atoms. The molecule has 1 aromatic heterocycles. The Bertz CT molecular complexity index is 394. The average Bonchev–Trinajstić information content (AvgIpc) is 2.75. The van der Waals surface area contributed by atoms with Crippen LogP contribution in [0, 0.1) is 0 Å². The molecule has 1 N–H and O–H groups in total. The predicted molar refractivity (Wildman–Crippen MR) is 93.7 cm³/mol. The van der Waals surface area contributed by atoms with E-state index in [1.54, 1.807) is 0 Å². The third kappa shape index (κ3) is 6.59. The van der Waals surface area contributed by atoms with Gasteiger partial charge in [0.2, 0.25) is 0 Å².